The van der Waals surface area contributed by atoms with Gasteiger partial charge in [-0.25, -0.2) is 9.48 Å². The number of aryl methyl sites for hydroxylation is 1. The van der Waals surface area contributed by atoms with E-state index in [-0.39, 0.29) is 6.09 Å². The molecule has 0 radical (unpaired) electrons. The number of fused-ring (bicyclic) bond motifs is 1. The van der Waals surface area contributed by atoms with Crippen LogP contribution in [0.4, 0.5) is 4.79 Å². The maximum atomic E-state index is 11.4. The number of aromatic nitrogens is 2. The summed E-state index contributed by atoms with van der Waals surface area (Å²) in [4.78, 5) is 12.8. The Bertz CT molecular complexity index is 400. The lowest BCUT2D eigenvalue weighted by molar-refractivity contribution is 0.167. The molecular formula is C9H13N3O2S. The van der Waals surface area contributed by atoms with Crippen molar-refractivity contribution in [1.29, 1.82) is 0 Å². The molecule has 1 aliphatic heterocycles. The largest absolute Gasteiger partial charge is 0.416 e. The Balaban J connectivity index is 2.25. The molecule has 82 valence electrons. The van der Waals surface area contributed by atoms with Crippen LogP contribution in [0.3, 0.4) is 0 Å². The third-order valence-corrected chi connectivity index (χ3v) is 3.18. The Morgan fingerprint density at radius 1 is 1.53 bits per heavy atom. The molecule has 1 aromatic heterocycles. The van der Waals surface area contributed by atoms with Crippen molar-refractivity contribution < 1.29 is 9.53 Å². The number of thioether (sulfide) groups is 1. The molecule has 5 nitrogen and oxygen atoms in total. The van der Waals surface area contributed by atoms with Crippen LogP contribution in [0.1, 0.15) is 11.3 Å². The molecule has 0 saturated carbocycles. The molecule has 0 spiro atoms. The number of ether oxygens (including phenoxy) is 1. The number of rotatable bonds is 1. The lowest BCUT2D eigenvalue weighted by Gasteiger charge is -2.11. The van der Waals surface area contributed by atoms with E-state index in [0.29, 0.717) is 5.88 Å². The van der Waals surface area contributed by atoms with Gasteiger partial charge in [0, 0.05) is 38.2 Å². The normalized spacial score (nSPS) is 13.8. The first-order chi connectivity index (χ1) is 7.09. The molecule has 6 heteroatoms. The number of nitrogens with zero attached hydrogens (tertiary/aromatic N) is 3. The Labute approximate surface area is 92.4 Å². The predicted molar refractivity (Wildman–Crippen MR) is 57.9 cm³/mol. The minimum atomic E-state index is -0.363. The van der Waals surface area contributed by atoms with E-state index in [9.17, 15) is 4.79 Å². The van der Waals surface area contributed by atoms with Gasteiger partial charge >= 0.3 is 6.09 Å². The van der Waals surface area contributed by atoms with Crippen molar-refractivity contribution in [2.75, 3.05) is 14.1 Å². The maximum absolute atomic E-state index is 11.4. The molecule has 0 fully saturated rings. The summed E-state index contributed by atoms with van der Waals surface area (Å²) < 4.78 is 6.89. The molecule has 2 rings (SSSR count). The van der Waals surface area contributed by atoms with Crippen molar-refractivity contribution in [3.8, 4) is 5.88 Å². The average Bonchev–Trinajstić information content (AvgIpc) is 2.69. The Kier molecular flexibility index (Phi) is 2.60. The third kappa shape index (κ3) is 1.81. The van der Waals surface area contributed by atoms with Gasteiger partial charge in [-0.3, -0.25) is 0 Å². The summed E-state index contributed by atoms with van der Waals surface area (Å²) in [5, 5.41) is 4.30. The van der Waals surface area contributed by atoms with Gasteiger partial charge in [-0.1, -0.05) is 0 Å². The quantitative estimate of drug-likeness (QED) is 0.724. The smallest absolute Gasteiger partial charge is 0.391 e. The lowest BCUT2D eigenvalue weighted by atomic mass is 10.3. The van der Waals surface area contributed by atoms with Crippen LogP contribution in [0.25, 0.3) is 0 Å². The number of carbonyl (C=O) groups is 1. The standard InChI is InChI=1S/C9H13N3O2S/c1-11(2)9(13)14-8-6-4-15-5-7(6)10-12(8)3/h4-5H2,1-3H3. The van der Waals surface area contributed by atoms with E-state index in [1.54, 1.807) is 37.6 Å². The molecule has 0 N–H and O–H groups in total. The zero-order chi connectivity index (χ0) is 11.0. The van der Waals surface area contributed by atoms with Crippen molar-refractivity contribution in [1.82, 2.24) is 14.7 Å². The lowest BCUT2D eigenvalue weighted by Crippen LogP contribution is -2.26. The number of hydrogen-bond donors (Lipinski definition) is 0. The molecule has 1 aromatic rings. The van der Waals surface area contributed by atoms with E-state index in [1.165, 1.54) is 4.90 Å². The number of amides is 1. The monoisotopic (exact) mass is 227 g/mol. The summed E-state index contributed by atoms with van der Waals surface area (Å²) in [7, 11) is 5.11. The fourth-order valence-corrected chi connectivity index (χ4v) is 2.44. The highest BCUT2D eigenvalue weighted by Gasteiger charge is 2.24. The second-order valence-corrected chi connectivity index (χ2v) is 4.59. The molecule has 0 aromatic carbocycles. The Morgan fingerprint density at radius 3 is 2.93 bits per heavy atom. The molecule has 2 heterocycles. The first kappa shape index (κ1) is 10.4. The summed E-state index contributed by atoms with van der Waals surface area (Å²) in [5.41, 5.74) is 2.08. The van der Waals surface area contributed by atoms with Gasteiger partial charge in [-0.15, -0.1) is 0 Å². The van der Waals surface area contributed by atoms with E-state index in [0.717, 1.165) is 22.8 Å². The number of hydrogen-bond acceptors (Lipinski definition) is 4. The van der Waals surface area contributed by atoms with E-state index < -0.39 is 0 Å². The van der Waals surface area contributed by atoms with E-state index in [2.05, 4.69) is 5.10 Å². The molecule has 1 aliphatic rings. The van der Waals surface area contributed by atoms with Crippen LogP contribution < -0.4 is 4.74 Å². The SMILES string of the molecule is CN(C)C(=O)Oc1c2c(nn1C)CSC2. The van der Waals surface area contributed by atoms with Crippen LogP contribution in [0, 0.1) is 0 Å². The average molecular weight is 227 g/mol. The second kappa shape index (κ2) is 3.77. The summed E-state index contributed by atoms with van der Waals surface area (Å²) >= 11 is 1.79. The minimum absolute atomic E-state index is 0.363. The van der Waals surface area contributed by atoms with Gasteiger partial charge in [0.15, 0.2) is 0 Å². The molecular weight excluding hydrogens is 214 g/mol. The molecule has 1 amide bonds. The Morgan fingerprint density at radius 2 is 2.27 bits per heavy atom. The highest BCUT2D eigenvalue weighted by molar-refractivity contribution is 7.98. The van der Waals surface area contributed by atoms with Crippen LogP contribution in [-0.2, 0) is 18.6 Å². The predicted octanol–water partition coefficient (Wildman–Crippen LogP) is 1.23. The second-order valence-electron chi connectivity index (χ2n) is 3.61. The van der Waals surface area contributed by atoms with Crippen molar-refractivity contribution in [3.63, 3.8) is 0 Å². The molecule has 0 atom stereocenters. The Hall–Kier alpha value is -1.17. The van der Waals surface area contributed by atoms with Gasteiger partial charge in [-0.05, 0) is 0 Å². The maximum Gasteiger partial charge on any atom is 0.416 e. The van der Waals surface area contributed by atoms with Gasteiger partial charge in [0.2, 0.25) is 5.88 Å². The molecule has 0 aliphatic carbocycles. The molecule has 0 bridgehead atoms. The van der Waals surface area contributed by atoms with Crippen LogP contribution in [-0.4, -0.2) is 34.9 Å². The summed E-state index contributed by atoms with van der Waals surface area (Å²) in [5.74, 6) is 2.36. The van der Waals surface area contributed by atoms with Gasteiger partial charge in [0.25, 0.3) is 0 Å². The van der Waals surface area contributed by atoms with E-state index in [1.807, 2.05) is 0 Å². The van der Waals surface area contributed by atoms with E-state index in [4.69, 9.17) is 4.74 Å². The fraction of sp³-hybridized carbons (Fsp3) is 0.556. The molecule has 0 unspecified atom stereocenters. The molecule has 0 saturated heterocycles. The van der Waals surface area contributed by atoms with Gasteiger partial charge < -0.3 is 9.64 Å². The van der Waals surface area contributed by atoms with Crippen molar-refractivity contribution in [2.24, 2.45) is 7.05 Å². The third-order valence-electron chi connectivity index (χ3n) is 2.21. The first-order valence-corrected chi connectivity index (χ1v) is 5.76. The van der Waals surface area contributed by atoms with E-state index >= 15 is 0 Å². The topological polar surface area (TPSA) is 47.4 Å². The van der Waals surface area contributed by atoms with Gasteiger partial charge in [-0.2, -0.15) is 16.9 Å². The van der Waals surface area contributed by atoms with Crippen LogP contribution in [0.15, 0.2) is 0 Å². The van der Waals surface area contributed by atoms with Crippen LogP contribution in [0.5, 0.6) is 5.88 Å². The summed E-state index contributed by atoms with van der Waals surface area (Å²) in [6, 6.07) is 0. The van der Waals surface area contributed by atoms with Crippen molar-refractivity contribution >= 4 is 17.9 Å². The molecule has 15 heavy (non-hydrogen) atoms. The zero-order valence-electron chi connectivity index (χ0n) is 8.98. The van der Waals surface area contributed by atoms with Gasteiger partial charge in [0.1, 0.15) is 0 Å². The number of carbonyl (C=O) groups excluding carboxylic acids is 1. The van der Waals surface area contributed by atoms with Crippen molar-refractivity contribution in [3.05, 3.63) is 11.3 Å². The summed E-state index contributed by atoms with van der Waals surface area (Å²) in [6.07, 6.45) is -0.363. The van der Waals surface area contributed by atoms with Crippen LogP contribution >= 0.6 is 11.8 Å². The summed E-state index contributed by atoms with van der Waals surface area (Å²) in [6.45, 7) is 0. The first-order valence-electron chi connectivity index (χ1n) is 4.61. The van der Waals surface area contributed by atoms with Crippen LogP contribution in [0.2, 0.25) is 0 Å². The fourth-order valence-electron chi connectivity index (χ4n) is 1.42. The zero-order valence-corrected chi connectivity index (χ0v) is 9.80. The van der Waals surface area contributed by atoms with Gasteiger partial charge in [0.05, 0.1) is 5.69 Å². The minimum Gasteiger partial charge on any atom is -0.391 e. The highest BCUT2D eigenvalue weighted by Crippen LogP contribution is 2.35. The highest BCUT2D eigenvalue weighted by atomic mass is 32.2. The van der Waals surface area contributed by atoms with Crippen molar-refractivity contribution in [2.45, 2.75) is 11.5 Å².